The van der Waals surface area contributed by atoms with Crippen molar-refractivity contribution in [2.75, 3.05) is 18.2 Å². The van der Waals surface area contributed by atoms with Crippen molar-refractivity contribution in [2.45, 2.75) is 0 Å². The van der Waals surface area contributed by atoms with Crippen LogP contribution in [0.15, 0.2) is 36.5 Å². The van der Waals surface area contributed by atoms with Gasteiger partial charge in [0.25, 0.3) is 5.91 Å². The molecule has 5 nitrogen and oxygen atoms in total. The molecular formula is C13H12FN3O2. The summed E-state index contributed by atoms with van der Waals surface area (Å²) < 4.78 is 18.5. The maximum absolute atomic E-state index is 13.5. The number of anilines is 2. The van der Waals surface area contributed by atoms with Crippen LogP contribution in [0.2, 0.25) is 0 Å². The molecule has 0 radical (unpaired) electrons. The molecule has 0 aliphatic heterocycles. The minimum absolute atomic E-state index is 0.0101. The fourth-order valence-electron chi connectivity index (χ4n) is 1.55. The van der Waals surface area contributed by atoms with Crippen LogP contribution in [0.5, 0.6) is 5.88 Å². The number of nitrogen functional groups attached to an aromatic ring is 1. The average molecular weight is 261 g/mol. The summed E-state index contributed by atoms with van der Waals surface area (Å²) in [5, 5.41) is 2.43. The lowest BCUT2D eigenvalue weighted by molar-refractivity contribution is 0.102. The van der Waals surface area contributed by atoms with Gasteiger partial charge in [0.2, 0.25) is 5.88 Å². The lowest BCUT2D eigenvalue weighted by Gasteiger charge is -2.09. The Bertz CT molecular complexity index is 617. The standard InChI is InChI=1S/C13H12FN3O2/c1-19-13-9(3-2-6-16-13)12(18)17-11-7-8(15)4-5-10(11)14/h2-7H,15H2,1H3,(H,17,18). The largest absolute Gasteiger partial charge is 0.480 e. The molecule has 19 heavy (non-hydrogen) atoms. The lowest BCUT2D eigenvalue weighted by Crippen LogP contribution is -2.14. The van der Waals surface area contributed by atoms with E-state index in [0.29, 0.717) is 5.69 Å². The van der Waals surface area contributed by atoms with Crippen LogP contribution in [0, 0.1) is 5.82 Å². The van der Waals surface area contributed by atoms with E-state index >= 15 is 0 Å². The Balaban J connectivity index is 2.28. The first-order valence-corrected chi connectivity index (χ1v) is 5.47. The molecule has 0 spiro atoms. The van der Waals surface area contributed by atoms with Crippen molar-refractivity contribution in [3.63, 3.8) is 0 Å². The number of methoxy groups -OCH3 is 1. The molecule has 6 heteroatoms. The van der Waals surface area contributed by atoms with Crippen LogP contribution < -0.4 is 15.8 Å². The van der Waals surface area contributed by atoms with Gasteiger partial charge in [0, 0.05) is 11.9 Å². The van der Waals surface area contributed by atoms with E-state index in [1.807, 2.05) is 0 Å². The fraction of sp³-hybridized carbons (Fsp3) is 0.0769. The molecule has 0 saturated carbocycles. The number of pyridine rings is 1. The molecule has 0 aliphatic rings. The molecule has 2 aromatic rings. The molecular weight excluding hydrogens is 249 g/mol. The van der Waals surface area contributed by atoms with Crippen molar-refractivity contribution in [3.8, 4) is 5.88 Å². The quantitative estimate of drug-likeness (QED) is 0.829. The SMILES string of the molecule is COc1ncccc1C(=O)Nc1cc(N)ccc1F. The Hall–Kier alpha value is -2.63. The highest BCUT2D eigenvalue weighted by Crippen LogP contribution is 2.20. The van der Waals surface area contributed by atoms with Gasteiger partial charge in [0.1, 0.15) is 11.4 Å². The second-order valence-corrected chi connectivity index (χ2v) is 3.75. The normalized spacial score (nSPS) is 10.0. The summed E-state index contributed by atoms with van der Waals surface area (Å²) in [4.78, 5) is 15.9. The first-order valence-electron chi connectivity index (χ1n) is 5.47. The molecule has 0 unspecified atom stereocenters. The minimum atomic E-state index is -0.564. The number of nitrogens with zero attached hydrogens (tertiary/aromatic N) is 1. The molecule has 0 atom stereocenters. The van der Waals surface area contributed by atoms with Gasteiger partial charge in [-0.25, -0.2) is 9.37 Å². The number of ether oxygens (including phenoxy) is 1. The van der Waals surface area contributed by atoms with E-state index in [-0.39, 0.29) is 17.1 Å². The maximum Gasteiger partial charge on any atom is 0.261 e. The summed E-state index contributed by atoms with van der Waals surface area (Å²) in [6.45, 7) is 0. The molecule has 0 aliphatic carbocycles. The van der Waals surface area contributed by atoms with Crippen molar-refractivity contribution in [1.29, 1.82) is 0 Å². The Labute approximate surface area is 109 Å². The van der Waals surface area contributed by atoms with Gasteiger partial charge in [-0.05, 0) is 30.3 Å². The molecule has 98 valence electrons. The first kappa shape index (κ1) is 12.8. The van der Waals surface area contributed by atoms with E-state index in [2.05, 4.69) is 10.3 Å². The number of amides is 1. The molecule has 1 amide bonds. The van der Waals surface area contributed by atoms with Crippen molar-refractivity contribution < 1.29 is 13.9 Å². The zero-order valence-corrected chi connectivity index (χ0v) is 10.2. The Morgan fingerprint density at radius 1 is 1.42 bits per heavy atom. The van der Waals surface area contributed by atoms with Crippen molar-refractivity contribution in [1.82, 2.24) is 4.98 Å². The van der Waals surface area contributed by atoms with Crippen molar-refractivity contribution >= 4 is 17.3 Å². The molecule has 0 saturated heterocycles. The third-order valence-corrected chi connectivity index (χ3v) is 2.45. The van der Waals surface area contributed by atoms with E-state index in [4.69, 9.17) is 10.5 Å². The van der Waals surface area contributed by atoms with Gasteiger partial charge in [-0.3, -0.25) is 4.79 Å². The number of aromatic nitrogens is 1. The lowest BCUT2D eigenvalue weighted by atomic mass is 10.2. The molecule has 1 heterocycles. The Morgan fingerprint density at radius 2 is 2.21 bits per heavy atom. The van der Waals surface area contributed by atoms with Crippen LogP contribution >= 0.6 is 0 Å². The van der Waals surface area contributed by atoms with Crippen LogP contribution in [0.1, 0.15) is 10.4 Å². The van der Waals surface area contributed by atoms with Crippen LogP contribution in [0.3, 0.4) is 0 Å². The highest BCUT2D eigenvalue weighted by atomic mass is 19.1. The second kappa shape index (κ2) is 5.34. The number of hydrogen-bond donors (Lipinski definition) is 2. The predicted octanol–water partition coefficient (Wildman–Crippen LogP) is 2.06. The van der Waals surface area contributed by atoms with Gasteiger partial charge >= 0.3 is 0 Å². The summed E-state index contributed by atoms with van der Waals surface area (Å²) in [6.07, 6.45) is 1.50. The van der Waals surface area contributed by atoms with Gasteiger partial charge in [-0.1, -0.05) is 0 Å². The van der Waals surface area contributed by atoms with Crippen LogP contribution in [-0.4, -0.2) is 18.0 Å². The molecule has 0 fully saturated rings. The monoisotopic (exact) mass is 261 g/mol. The van der Waals surface area contributed by atoms with Crippen molar-refractivity contribution in [3.05, 3.63) is 47.9 Å². The van der Waals surface area contributed by atoms with Crippen molar-refractivity contribution in [2.24, 2.45) is 0 Å². The van der Waals surface area contributed by atoms with Crippen LogP contribution in [0.4, 0.5) is 15.8 Å². The number of halogens is 1. The van der Waals surface area contributed by atoms with Gasteiger partial charge in [0.05, 0.1) is 12.8 Å². The van der Waals surface area contributed by atoms with Gasteiger partial charge in [-0.15, -0.1) is 0 Å². The smallest absolute Gasteiger partial charge is 0.261 e. The van der Waals surface area contributed by atoms with E-state index < -0.39 is 11.7 Å². The Morgan fingerprint density at radius 3 is 2.95 bits per heavy atom. The van der Waals surface area contributed by atoms with E-state index in [1.165, 1.54) is 37.6 Å². The first-order chi connectivity index (χ1) is 9.11. The summed E-state index contributed by atoms with van der Waals surface area (Å²) in [5.41, 5.74) is 6.12. The minimum Gasteiger partial charge on any atom is -0.480 e. The van der Waals surface area contributed by atoms with Gasteiger partial charge < -0.3 is 15.8 Å². The van der Waals surface area contributed by atoms with E-state index in [0.717, 1.165) is 0 Å². The topological polar surface area (TPSA) is 77.2 Å². The molecule has 1 aromatic heterocycles. The number of carbonyl (C=O) groups excluding carboxylic acids is 1. The average Bonchev–Trinajstić information content (AvgIpc) is 2.42. The highest BCUT2D eigenvalue weighted by Gasteiger charge is 2.14. The van der Waals surface area contributed by atoms with Crippen LogP contribution in [-0.2, 0) is 0 Å². The van der Waals surface area contributed by atoms with Gasteiger partial charge in [-0.2, -0.15) is 0 Å². The predicted molar refractivity (Wildman–Crippen MR) is 69.6 cm³/mol. The third kappa shape index (κ3) is 2.79. The summed E-state index contributed by atoms with van der Waals surface area (Å²) in [6, 6.07) is 7.07. The van der Waals surface area contributed by atoms with Crippen LogP contribution in [0.25, 0.3) is 0 Å². The summed E-state index contributed by atoms with van der Waals surface area (Å²) in [7, 11) is 1.40. The number of hydrogen-bond acceptors (Lipinski definition) is 4. The van der Waals surface area contributed by atoms with E-state index in [9.17, 15) is 9.18 Å². The zero-order valence-electron chi connectivity index (χ0n) is 10.2. The fourth-order valence-corrected chi connectivity index (χ4v) is 1.55. The molecule has 1 aromatic carbocycles. The summed E-state index contributed by atoms with van der Waals surface area (Å²) >= 11 is 0. The number of benzene rings is 1. The zero-order chi connectivity index (χ0) is 13.8. The maximum atomic E-state index is 13.5. The van der Waals surface area contributed by atoms with Gasteiger partial charge in [0.15, 0.2) is 0 Å². The Kier molecular flexibility index (Phi) is 3.61. The number of carbonyl (C=O) groups is 1. The molecule has 3 N–H and O–H groups in total. The number of nitrogens with one attached hydrogen (secondary N) is 1. The second-order valence-electron chi connectivity index (χ2n) is 3.75. The molecule has 2 rings (SSSR count). The third-order valence-electron chi connectivity index (χ3n) is 2.45. The number of nitrogens with two attached hydrogens (primary N) is 1. The number of rotatable bonds is 3. The highest BCUT2D eigenvalue weighted by molar-refractivity contribution is 6.06. The molecule has 0 bridgehead atoms. The summed E-state index contributed by atoms with van der Waals surface area (Å²) in [5.74, 6) is -0.913. The van der Waals surface area contributed by atoms with E-state index in [1.54, 1.807) is 6.07 Å².